The molecule has 5 heteroatoms. The quantitative estimate of drug-likeness (QED) is 0.846. The molecule has 1 heterocycles. The molecule has 1 aromatic carbocycles. The second-order valence-corrected chi connectivity index (χ2v) is 6.09. The van der Waals surface area contributed by atoms with Crippen LogP contribution in [0.15, 0.2) is 28.7 Å². The molecule has 114 valence electrons. The second-order valence-electron chi connectivity index (χ2n) is 5.17. The molecule has 21 heavy (non-hydrogen) atoms. The highest BCUT2D eigenvalue weighted by atomic mass is 79.9. The first-order valence-corrected chi connectivity index (χ1v) is 7.84. The average Bonchev–Trinajstić information content (AvgIpc) is 2.52. The summed E-state index contributed by atoms with van der Waals surface area (Å²) in [5, 5.41) is 9.12. The van der Waals surface area contributed by atoms with Crippen molar-refractivity contribution in [3.05, 3.63) is 34.3 Å². The zero-order valence-corrected chi connectivity index (χ0v) is 13.7. The average molecular weight is 354 g/mol. The summed E-state index contributed by atoms with van der Waals surface area (Å²) in [5.41, 5.74) is 0.866. The van der Waals surface area contributed by atoms with Gasteiger partial charge in [-0.3, -0.25) is 4.79 Å². The van der Waals surface area contributed by atoms with Crippen LogP contribution in [0.25, 0.3) is 6.08 Å². The number of methoxy groups -OCH3 is 1. The summed E-state index contributed by atoms with van der Waals surface area (Å²) in [5.74, 6) is 1.08. The van der Waals surface area contributed by atoms with Crippen LogP contribution in [0, 0.1) is 5.92 Å². The number of aliphatic hydroxyl groups is 1. The normalized spacial score (nSPS) is 16.4. The molecule has 1 fully saturated rings. The maximum absolute atomic E-state index is 12.2. The summed E-state index contributed by atoms with van der Waals surface area (Å²) < 4.78 is 6.23. The van der Waals surface area contributed by atoms with Crippen LogP contribution in [-0.4, -0.2) is 42.7 Å². The first-order valence-electron chi connectivity index (χ1n) is 7.05. The first-order chi connectivity index (χ1) is 10.1. The minimum atomic E-state index is 0.00779. The fraction of sp³-hybridized carbons (Fsp3) is 0.438. The van der Waals surface area contributed by atoms with Gasteiger partial charge in [0, 0.05) is 35.8 Å². The van der Waals surface area contributed by atoms with Gasteiger partial charge in [-0.25, -0.2) is 0 Å². The Kier molecular flexibility index (Phi) is 5.82. The summed E-state index contributed by atoms with van der Waals surface area (Å²) in [7, 11) is 1.61. The van der Waals surface area contributed by atoms with Crippen LogP contribution in [0.5, 0.6) is 5.75 Å². The number of carbonyl (C=O) groups is 1. The first kappa shape index (κ1) is 16.0. The lowest BCUT2D eigenvalue weighted by molar-refractivity contribution is -0.127. The molecule has 1 aliphatic heterocycles. The highest BCUT2D eigenvalue weighted by Crippen LogP contribution is 2.24. The SMILES string of the molecule is COc1ccc(Br)cc1/C=C/C(=O)N1CCC(CO)CC1. The third-order valence-electron chi connectivity index (χ3n) is 3.78. The van der Waals surface area contributed by atoms with Crippen LogP contribution in [0.1, 0.15) is 18.4 Å². The van der Waals surface area contributed by atoms with E-state index < -0.39 is 0 Å². The molecule has 0 aromatic heterocycles. The number of hydrogen-bond donors (Lipinski definition) is 1. The molecule has 0 unspecified atom stereocenters. The van der Waals surface area contributed by atoms with E-state index >= 15 is 0 Å². The Morgan fingerprint density at radius 2 is 2.19 bits per heavy atom. The van der Waals surface area contributed by atoms with Crippen molar-refractivity contribution >= 4 is 27.9 Å². The maximum atomic E-state index is 12.2. The lowest BCUT2D eigenvalue weighted by Crippen LogP contribution is -2.38. The van der Waals surface area contributed by atoms with E-state index in [0.29, 0.717) is 19.0 Å². The van der Waals surface area contributed by atoms with Crippen LogP contribution in [-0.2, 0) is 4.79 Å². The van der Waals surface area contributed by atoms with Gasteiger partial charge in [0.25, 0.3) is 0 Å². The third-order valence-corrected chi connectivity index (χ3v) is 4.27. The molecule has 1 saturated heterocycles. The molecule has 1 aromatic rings. The topological polar surface area (TPSA) is 49.8 Å². The number of hydrogen-bond acceptors (Lipinski definition) is 3. The minimum Gasteiger partial charge on any atom is -0.496 e. The van der Waals surface area contributed by atoms with Gasteiger partial charge in [-0.1, -0.05) is 15.9 Å². The minimum absolute atomic E-state index is 0.00779. The summed E-state index contributed by atoms with van der Waals surface area (Å²) in [6.07, 6.45) is 5.11. The smallest absolute Gasteiger partial charge is 0.246 e. The van der Waals surface area contributed by atoms with Gasteiger partial charge in [-0.15, -0.1) is 0 Å². The van der Waals surface area contributed by atoms with E-state index in [1.54, 1.807) is 19.3 Å². The van der Waals surface area contributed by atoms with Gasteiger partial charge in [0.1, 0.15) is 5.75 Å². The largest absolute Gasteiger partial charge is 0.496 e. The van der Waals surface area contributed by atoms with Crippen molar-refractivity contribution in [1.82, 2.24) is 4.90 Å². The van der Waals surface area contributed by atoms with E-state index in [9.17, 15) is 4.79 Å². The van der Waals surface area contributed by atoms with Crippen molar-refractivity contribution in [1.29, 1.82) is 0 Å². The number of carbonyl (C=O) groups excluding carboxylic acids is 1. The standard InChI is InChI=1S/C16H20BrNO3/c1-21-15-4-3-14(17)10-13(15)2-5-16(20)18-8-6-12(11-19)7-9-18/h2-5,10,12,19H,6-9,11H2,1H3/b5-2+. The van der Waals surface area contributed by atoms with Gasteiger partial charge < -0.3 is 14.7 Å². The predicted molar refractivity (Wildman–Crippen MR) is 86.1 cm³/mol. The molecule has 1 aliphatic rings. The maximum Gasteiger partial charge on any atom is 0.246 e. The van der Waals surface area contributed by atoms with E-state index in [2.05, 4.69) is 15.9 Å². The van der Waals surface area contributed by atoms with E-state index in [4.69, 9.17) is 9.84 Å². The third kappa shape index (κ3) is 4.32. The van der Waals surface area contributed by atoms with Crippen molar-refractivity contribution in [3.8, 4) is 5.75 Å². The summed E-state index contributed by atoms with van der Waals surface area (Å²) in [6, 6.07) is 5.68. The number of ether oxygens (including phenoxy) is 1. The molecule has 1 N–H and O–H groups in total. The van der Waals surface area contributed by atoms with Crippen molar-refractivity contribution in [2.75, 3.05) is 26.8 Å². The number of nitrogens with zero attached hydrogens (tertiary/aromatic N) is 1. The fourth-order valence-electron chi connectivity index (χ4n) is 2.44. The molecular formula is C16H20BrNO3. The van der Waals surface area contributed by atoms with Gasteiger partial charge in [-0.05, 0) is 43.0 Å². The van der Waals surface area contributed by atoms with Crippen LogP contribution in [0.4, 0.5) is 0 Å². The number of aliphatic hydroxyl groups excluding tert-OH is 1. The van der Waals surface area contributed by atoms with E-state index in [0.717, 1.165) is 28.6 Å². The van der Waals surface area contributed by atoms with Crippen molar-refractivity contribution in [2.24, 2.45) is 5.92 Å². The highest BCUT2D eigenvalue weighted by molar-refractivity contribution is 9.10. The fourth-order valence-corrected chi connectivity index (χ4v) is 2.82. The van der Waals surface area contributed by atoms with Crippen LogP contribution in [0.2, 0.25) is 0 Å². The Morgan fingerprint density at radius 1 is 1.48 bits per heavy atom. The number of rotatable bonds is 4. The number of likely N-dealkylation sites (tertiary alicyclic amines) is 1. The number of piperidine rings is 1. The predicted octanol–water partition coefficient (Wildman–Crippen LogP) is 2.70. The van der Waals surface area contributed by atoms with Gasteiger partial charge in [0.2, 0.25) is 5.91 Å². The van der Waals surface area contributed by atoms with Gasteiger partial charge in [0.05, 0.1) is 7.11 Å². The Hall–Kier alpha value is -1.33. The van der Waals surface area contributed by atoms with Crippen LogP contribution in [0.3, 0.4) is 0 Å². The Bertz CT molecular complexity index is 522. The highest BCUT2D eigenvalue weighted by Gasteiger charge is 2.20. The van der Waals surface area contributed by atoms with Crippen molar-refractivity contribution < 1.29 is 14.6 Å². The Balaban J connectivity index is 2.01. The molecule has 0 saturated carbocycles. The van der Waals surface area contributed by atoms with Crippen molar-refractivity contribution in [2.45, 2.75) is 12.8 Å². The van der Waals surface area contributed by atoms with E-state index in [1.165, 1.54) is 0 Å². The summed E-state index contributed by atoms with van der Waals surface area (Å²) >= 11 is 3.42. The lowest BCUT2D eigenvalue weighted by Gasteiger charge is -2.30. The molecule has 0 radical (unpaired) electrons. The van der Waals surface area contributed by atoms with E-state index in [-0.39, 0.29) is 12.5 Å². The summed E-state index contributed by atoms with van der Waals surface area (Å²) in [6.45, 7) is 1.64. The molecule has 0 spiro atoms. The van der Waals surface area contributed by atoms with Gasteiger partial charge in [0.15, 0.2) is 0 Å². The molecule has 0 aliphatic carbocycles. The molecule has 4 nitrogen and oxygen atoms in total. The molecule has 1 amide bonds. The second kappa shape index (κ2) is 7.61. The van der Waals surface area contributed by atoms with Crippen molar-refractivity contribution in [3.63, 3.8) is 0 Å². The van der Waals surface area contributed by atoms with Gasteiger partial charge >= 0.3 is 0 Å². The zero-order valence-electron chi connectivity index (χ0n) is 12.1. The van der Waals surface area contributed by atoms with Crippen LogP contribution >= 0.6 is 15.9 Å². The molecular weight excluding hydrogens is 334 g/mol. The molecule has 0 bridgehead atoms. The number of benzene rings is 1. The lowest BCUT2D eigenvalue weighted by atomic mass is 9.98. The molecule has 0 atom stereocenters. The zero-order chi connectivity index (χ0) is 15.2. The monoisotopic (exact) mass is 353 g/mol. The number of halogens is 1. The Labute approximate surface area is 133 Å². The van der Waals surface area contributed by atoms with E-state index in [1.807, 2.05) is 23.1 Å². The van der Waals surface area contributed by atoms with Gasteiger partial charge in [-0.2, -0.15) is 0 Å². The molecule has 2 rings (SSSR count). The Morgan fingerprint density at radius 3 is 2.81 bits per heavy atom. The number of amides is 1. The summed E-state index contributed by atoms with van der Waals surface area (Å²) in [4.78, 5) is 14.0. The van der Waals surface area contributed by atoms with Crippen LogP contribution < -0.4 is 4.74 Å².